The fraction of sp³-hybridized carbons (Fsp3) is 0.286. The molecular weight excluding hydrogens is 461 g/mol. The van der Waals surface area contributed by atoms with Gasteiger partial charge < -0.3 is 9.15 Å². The van der Waals surface area contributed by atoms with E-state index in [9.17, 15) is 26.9 Å². The van der Waals surface area contributed by atoms with Crippen LogP contribution in [0.25, 0.3) is 28.3 Å². The van der Waals surface area contributed by atoms with Crippen LogP contribution >= 0.6 is 0 Å². The third kappa shape index (κ3) is 3.58. The van der Waals surface area contributed by atoms with Gasteiger partial charge in [0.05, 0.1) is 17.2 Å². The zero-order valence-corrected chi connectivity index (χ0v) is 17.9. The molecule has 5 rings (SSSR count). The summed E-state index contributed by atoms with van der Waals surface area (Å²) in [6.07, 6.45) is -1.91. The molecule has 0 bridgehead atoms. The van der Waals surface area contributed by atoms with Crippen LogP contribution in [0.15, 0.2) is 46.0 Å². The predicted octanol–water partition coefficient (Wildman–Crippen LogP) is 4.39. The standard InChI is InChI=1S/C21H15F3N4O4S/c1-2-33(29,30)19-17(27-16-9-12(5-8-28(16)19)20(11-25)6-7-20)18-26-14-10-13(32-21(22,23)24)3-4-15(14)31-18/h3-5,8-10H,2,6-7H2,1H3. The second-order valence-corrected chi connectivity index (χ2v) is 9.90. The Kier molecular flexibility index (Phi) is 4.48. The number of halogens is 3. The fourth-order valence-corrected chi connectivity index (χ4v) is 4.84. The average molecular weight is 476 g/mol. The molecule has 1 aromatic carbocycles. The van der Waals surface area contributed by atoms with Crippen molar-refractivity contribution in [1.82, 2.24) is 14.4 Å². The van der Waals surface area contributed by atoms with E-state index in [0.29, 0.717) is 18.5 Å². The van der Waals surface area contributed by atoms with Crippen LogP contribution in [0.3, 0.4) is 0 Å². The number of alkyl halides is 3. The minimum Gasteiger partial charge on any atom is -0.435 e. The van der Waals surface area contributed by atoms with E-state index in [2.05, 4.69) is 20.8 Å². The first kappa shape index (κ1) is 21.3. The van der Waals surface area contributed by atoms with Gasteiger partial charge in [0.25, 0.3) is 0 Å². The van der Waals surface area contributed by atoms with Gasteiger partial charge in [-0.2, -0.15) is 5.26 Å². The summed E-state index contributed by atoms with van der Waals surface area (Å²) < 4.78 is 74.4. The summed E-state index contributed by atoms with van der Waals surface area (Å²) in [5, 5.41) is 9.34. The third-order valence-corrected chi connectivity index (χ3v) is 7.31. The number of benzene rings is 1. The summed E-state index contributed by atoms with van der Waals surface area (Å²) in [7, 11) is -3.81. The van der Waals surface area contributed by atoms with Gasteiger partial charge in [-0.15, -0.1) is 13.2 Å². The van der Waals surface area contributed by atoms with Crippen molar-refractivity contribution in [2.24, 2.45) is 0 Å². The topological polar surface area (TPSA) is 110 Å². The van der Waals surface area contributed by atoms with Crippen LogP contribution < -0.4 is 4.74 Å². The maximum absolute atomic E-state index is 12.9. The van der Waals surface area contributed by atoms with Crippen molar-refractivity contribution in [2.45, 2.75) is 36.6 Å². The summed E-state index contributed by atoms with van der Waals surface area (Å²) in [4.78, 5) is 8.59. The lowest BCUT2D eigenvalue weighted by atomic mass is 9.99. The summed E-state index contributed by atoms with van der Waals surface area (Å²) in [6, 6.07) is 9.00. The van der Waals surface area contributed by atoms with Crippen molar-refractivity contribution in [3.05, 3.63) is 42.1 Å². The Bertz CT molecular complexity index is 1560. The van der Waals surface area contributed by atoms with Gasteiger partial charge in [-0.25, -0.2) is 18.4 Å². The second kappa shape index (κ2) is 6.95. The zero-order chi connectivity index (χ0) is 23.6. The molecule has 0 radical (unpaired) electrons. The predicted molar refractivity (Wildman–Crippen MR) is 109 cm³/mol. The van der Waals surface area contributed by atoms with E-state index in [1.54, 1.807) is 18.3 Å². The highest BCUT2D eigenvalue weighted by atomic mass is 32.2. The first-order chi connectivity index (χ1) is 15.5. The van der Waals surface area contributed by atoms with Crippen molar-refractivity contribution in [3.63, 3.8) is 0 Å². The lowest BCUT2D eigenvalue weighted by Crippen LogP contribution is -2.16. The quantitative estimate of drug-likeness (QED) is 0.420. The van der Waals surface area contributed by atoms with Crippen LogP contribution in [0.5, 0.6) is 5.75 Å². The lowest BCUT2D eigenvalue weighted by Gasteiger charge is -2.07. The molecule has 1 aliphatic rings. The van der Waals surface area contributed by atoms with E-state index >= 15 is 0 Å². The molecule has 12 heteroatoms. The largest absolute Gasteiger partial charge is 0.573 e. The van der Waals surface area contributed by atoms with Gasteiger partial charge in [0.15, 0.2) is 26.1 Å². The Balaban J connectivity index is 1.69. The SMILES string of the molecule is CCS(=O)(=O)c1c(-c2nc3cc(OC(F)(F)F)ccc3o2)nc2cc(C3(C#N)CC3)ccn12. The average Bonchev–Trinajstić information content (AvgIpc) is 3.29. The molecule has 33 heavy (non-hydrogen) atoms. The van der Waals surface area contributed by atoms with E-state index in [1.807, 2.05) is 0 Å². The van der Waals surface area contributed by atoms with Crippen molar-refractivity contribution < 1.29 is 30.7 Å². The van der Waals surface area contributed by atoms with Crippen LogP contribution in [0, 0.1) is 11.3 Å². The van der Waals surface area contributed by atoms with Gasteiger partial charge >= 0.3 is 6.36 Å². The number of pyridine rings is 1. The maximum Gasteiger partial charge on any atom is 0.573 e. The molecule has 3 heterocycles. The van der Waals surface area contributed by atoms with Gasteiger partial charge in [-0.3, -0.25) is 4.40 Å². The highest BCUT2D eigenvalue weighted by Gasteiger charge is 2.45. The number of imidazole rings is 1. The first-order valence-corrected chi connectivity index (χ1v) is 11.5. The van der Waals surface area contributed by atoms with Crippen molar-refractivity contribution in [3.8, 4) is 23.4 Å². The Morgan fingerprint density at radius 1 is 1.24 bits per heavy atom. The maximum atomic E-state index is 12.9. The molecule has 0 spiro atoms. The van der Waals surface area contributed by atoms with Gasteiger partial charge in [-0.1, -0.05) is 6.92 Å². The zero-order valence-electron chi connectivity index (χ0n) is 17.0. The van der Waals surface area contributed by atoms with Crippen LogP contribution in [-0.4, -0.2) is 34.9 Å². The number of hydrogen-bond donors (Lipinski definition) is 0. The lowest BCUT2D eigenvalue weighted by molar-refractivity contribution is -0.274. The normalized spacial score (nSPS) is 15.6. The van der Waals surface area contributed by atoms with Crippen LogP contribution in [0.1, 0.15) is 25.3 Å². The molecular formula is C21H15F3N4O4S. The molecule has 1 saturated carbocycles. The fourth-order valence-electron chi connectivity index (χ4n) is 3.69. The summed E-state index contributed by atoms with van der Waals surface area (Å²) in [6.45, 7) is 1.48. The highest BCUT2D eigenvalue weighted by molar-refractivity contribution is 7.91. The molecule has 0 aliphatic heterocycles. The molecule has 1 fully saturated rings. The number of oxazole rings is 1. The van der Waals surface area contributed by atoms with Gasteiger partial charge in [0, 0.05) is 12.3 Å². The first-order valence-electron chi connectivity index (χ1n) is 9.88. The van der Waals surface area contributed by atoms with E-state index in [1.165, 1.54) is 17.4 Å². The third-order valence-electron chi connectivity index (χ3n) is 5.57. The van der Waals surface area contributed by atoms with E-state index < -0.39 is 27.4 Å². The van der Waals surface area contributed by atoms with E-state index in [0.717, 1.165) is 17.7 Å². The van der Waals surface area contributed by atoms with Gasteiger partial charge in [-0.05, 0) is 42.7 Å². The molecule has 4 aromatic rings. The number of fused-ring (bicyclic) bond motifs is 2. The summed E-state index contributed by atoms with van der Waals surface area (Å²) in [5.74, 6) is -0.864. The molecule has 0 unspecified atom stereocenters. The van der Waals surface area contributed by atoms with Crippen LogP contribution in [-0.2, 0) is 15.3 Å². The number of nitrogens with zero attached hydrogens (tertiary/aromatic N) is 4. The number of aromatic nitrogens is 3. The smallest absolute Gasteiger partial charge is 0.435 e. The number of hydrogen-bond acceptors (Lipinski definition) is 7. The van der Waals surface area contributed by atoms with Crippen molar-refractivity contribution >= 4 is 26.6 Å². The van der Waals surface area contributed by atoms with Gasteiger partial charge in [0.2, 0.25) is 5.89 Å². The summed E-state index contributed by atoms with van der Waals surface area (Å²) in [5.41, 5.74) is 0.555. The monoisotopic (exact) mass is 476 g/mol. The highest BCUT2D eigenvalue weighted by Crippen LogP contribution is 2.48. The van der Waals surface area contributed by atoms with Crippen LogP contribution in [0.4, 0.5) is 13.2 Å². The Morgan fingerprint density at radius 2 is 2.00 bits per heavy atom. The van der Waals surface area contributed by atoms with E-state index in [4.69, 9.17) is 4.42 Å². The molecule has 0 N–H and O–H groups in total. The minimum absolute atomic E-state index is 0.0470. The number of sulfone groups is 1. The number of nitriles is 1. The molecule has 0 saturated heterocycles. The minimum atomic E-state index is -4.87. The molecule has 0 amide bonds. The van der Waals surface area contributed by atoms with Crippen molar-refractivity contribution in [2.75, 3.05) is 5.75 Å². The Hall–Kier alpha value is -3.59. The molecule has 0 atom stereocenters. The van der Waals surface area contributed by atoms with Crippen molar-refractivity contribution in [1.29, 1.82) is 5.26 Å². The molecule has 8 nitrogen and oxygen atoms in total. The van der Waals surface area contributed by atoms with Crippen LogP contribution in [0.2, 0.25) is 0 Å². The number of rotatable bonds is 5. The molecule has 3 aromatic heterocycles. The van der Waals surface area contributed by atoms with E-state index in [-0.39, 0.29) is 33.5 Å². The number of ether oxygens (including phenoxy) is 1. The Morgan fingerprint density at radius 3 is 2.64 bits per heavy atom. The second-order valence-electron chi connectivity index (χ2n) is 7.70. The Labute approximate surface area is 185 Å². The molecule has 170 valence electrons. The molecule has 1 aliphatic carbocycles. The summed E-state index contributed by atoms with van der Waals surface area (Å²) >= 11 is 0. The van der Waals surface area contributed by atoms with Gasteiger partial charge in [0.1, 0.15) is 16.9 Å².